The highest BCUT2D eigenvalue weighted by Crippen LogP contribution is 2.68. The number of fused-ring (bicyclic) bond motifs is 4. The summed E-state index contributed by atoms with van der Waals surface area (Å²) in [6.45, 7) is 2.36. The Balaban J connectivity index is 1.56. The largest absolute Gasteiger partial charge is 0.381 e. The molecule has 5 aliphatic rings. The number of nitrogens with one attached hydrogen (secondary N) is 1. The zero-order chi connectivity index (χ0) is 19.3. The molecule has 9 heteroatoms. The molecule has 0 aliphatic heterocycles. The first-order valence-electron chi connectivity index (χ1n) is 9.13. The third-order valence-corrected chi connectivity index (χ3v) is 6.94. The second kappa shape index (κ2) is 6.26. The lowest BCUT2D eigenvalue weighted by molar-refractivity contribution is -0.393. The van der Waals surface area contributed by atoms with E-state index in [0.717, 1.165) is 37.5 Å². The molecule has 5 saturated carbocycles. The first-order valence-corrected chi connectivity index (χ1v) is 9.13. The molecular formula is C18H22N4O5. The Morgan fingerprint density at radius 3 is 2.52 bits per heavy atom. The molecule has 0 amide bonds. The van der Waals surface area contributed by atoms with Gasteiger partial charge in [-0.25, -0.2) is 0 Å². The lowest BCUT2D eigenvalue weighted by atomic mass is 9.36. The highest BCUT2D eigenvalue weighted by atomic mass is 16.6. The van der Waals surface area contributed by atoms with E-state index < -0.39 is 9.85 Å². The number of ether oxygens (including phenoxy) is 1. The summed E-state index contributed by atoms with van der Waals surface area (Å²) in [5.41, 5.74) is 3.73. The van der Waals surface area contributed by atoms with Crippen molar-refractivity contribution in [1.29, 1.82) is 0 Å². The van der Waals surface area contributed by atoms with E-state index in [1.807, 2.05) is 0 Å². The molecule has 0 spiro atoms. The Labute approximate surface area is 156 Å². The minimum atomic E-state index is -0.646. The zero-order valence-electron chi connectivity index (χ0n) is 15.3. The van der Waals surface area contributed by atoms with Crippen molar-refractivity contribution in [3.8, 4) is 0 Å². The van der Waals surface area contributed by atoms with Crippen molar-refractivity contribution in [1.82, 2.24) is 0 Å². The number of methoxy groups -OCH3 is 1. The van der Waals surface area contributed by atoms with E-state index in [1.165, 1.54) is 12.1 Å². The Hall–Kier alpha value is -2.55. The maximum Gasteiger partial charge on any atom is 0.301 e. The summed E-state index contributed by atoms with van der Waals surface area (Å²) in [6, 6.07) is 3.55. The molecule has 2 atom stereocenters. The summed E-state index contributed by atoms with van der Waals surface area (Å²) in [4.78, 5) is 20.9. The second-order valence-corrected chi connectivity index (χ2v) is 8.00. The zero-order valence-corrected chi connectivity index (χ0v) is 15.3. The van der Waals surface area contributed by atoms with Crippen LogP contribution in [0.4, 0.5) is 17.1 Å². The summed E-state index contributed by atoms with van der Waals surface area (Å²) in [6.07, 6.45) is 4.32. The molecule has 1 aromatic rings. The number of hydrogen-bond acceptors (Lipinski definition) is 7. The first-order chi connectivity index (χ1) is 12.8. The fraction of sp³-hybridized carbons (Fsp3) is 0.611. The SMILES string of the molecule is COC1CC2C3/C(=N/Nc4ccc([N+](=O)[O-])cc4[N+](=O)[O-])CCC2(C)C3C1. The van der Waals surface area contributed by atoms with Gasteiger partial charge in [-0.3, -0.25) is 25.7 Å². The highest BCUT2D eigenvalue weighted by Gasteiger charge is 2.65. The number of rotatable bonds is 5. The molecule has 0 heterocycles. The van der Waals surface area contributed by atoms with Crippen LogP contribution in [0.25, 0.3) is 0 Å². The predicted molar refractivity (Wildman–Crippen MR) is 98.7 cm³/mol. The van der Waals surface area contributed by atoms with Crippen LogP contribution in [0.5, 0.6) is 0 Å². The number of hydrogen-bond donors (Lipinski definition) is 1. The molecule has 0 saturated heterocycles. The van der Waals surface area contributed by atoms with Gasteiger partial charge in [-0.1, -0.05) is 6.92 Å². The lowest BCUT2D eigenvalue weighted by Crippen LogP contribution is -2.66. The van der Waals surface area contributed by atoms with Crippen LogP contribution in [-0.2, 0) is 4.74 Å². The van der Waals surface area contributed by atoms with E-state index in [4.69, 9.17) is 4.74 Å². The van der Waals surface area contributed by atoms with Crippen molar-refractivity contribution in [2.75, 3.05) is 12.5 Å². The van der Waals surface area contributed by atoms with Crippen molar-refractivity contribution < 1.29 is 14.6 Å². The number of non-ortho nitro benzene ring substituents is 1. The van der Waals surface area contributed by atoms with Gasteiger partial charge < -0.3 is 4.74 Å². The number of hydrazone groups is 1. The van der Waals surface area contributed by atoms with E-state index in [9.17, 15) is 20.2 Å². The quantitative estimate of drug-likeness (QED) is 0.619. The van der Waals surface area contributed by atoms with Gasteiger partial charge in [0.15, 0.2) is 0 Å². The van der Waals surface area contributed by atoms with E-state index in [0.29, 0.717) is 29.3 Å². The van der Waals surface area contributed by atoms with Gasteiger partial charge in [-0.2, -0.15) is 5.10 Å². The summed E-state index contributed by atoms with van der Waals surface area (Å²) in [5, 5.41) is 26.6. The molecular weight excluding hydrogens is 352 g/mol. The average Bonchev–Trinajstić information content (AvgIpc) is 2.67. The molecule has 1 aromatic carbocycles. The lowest BCUT2D eigenvalue weighted by Gasteiger charge is -2.68. The van der Waals surface area contributed by atoms with E-state index >= 15 is 0 Å². The topological polar surface area (TPSA) is 120 Å². The minimum Gasteiger partial charge on any atom is -0.381 e. The minimum absolute atomic E-state index is 0.172. The molecule has 5 aliphatic carbocycles. The van der Waals surface area contributed by atoms with Gasteiger partial charge in [-0.05, 0) is 49.0 Å². The van der Waals surface area contributed by atoms with Gasteiger partial charge in [0.25, 0.3) is 5.69 Å². The van der Waals surface area contributed by atoms with Gasteiger partial charge in [0.2, 0.25) is 0 Å². The van der Waals surface area contributed by atoms with Gasteiger partial charge >= 0.3 is 5.69 Å². The number of nitro benzene ring substituents is 2. The number of benzene rings is 1. The smallest absolute Gasteiger partial charge is 0.301 e. The van der Waals surface area contributed by atoms with Crippen LogP contribution in [0.15, 0.2) is 23.3 Å². The van der Waals surface area contributed by atoms with Crippen LogP contribution in [0.1, 0.15) is 32.6 Å². The number of nitro groups is 2. The van der Waals surface area contributed by atoms with Crippen molar-refractivity contribution in [3.05, 3.63) is 38.4 Å². The van der Waals surface area contributed by atoms with E-state index in [-0.39, 0.29) is 17.1 Å². The van der Waals surface area contributed by atoms with Gasteiger partial charge in [-0.15, -0.1) is 0 Å². The Morgan fingerprint density at radius 2 is 1.93 bits per heavy atom. The molecule has 1 N–H and O–H groups in total. The molecule has 5 fully saturated rings. The fourth-order valence-electron chi connectivity index (χ4n) is 5.49. The Morgan fingerprint density at radius 1 is 1.22 bits per heavy atom. The monoisotopic (exact) mass is 374 g/mol. The van der Waals surface area contributed by atoms with Gasteiger partial charge in [0, 0.05) is 24.8 Å². The Kier molecular flexibility index (Phi) is 4.14. The maximum atomic E-state index is 11.3. The van der Waals surface area contributed by atoms with Crippen LogP contribution in [0, 0.1) is 43.4 Å². The highest BCUT2D eigenvalue weighted by molar-refractivity contribution is 5.91. The molecule has 144 valence electrons. The van der Waals surface area contributed by atoms with Crippen LogP contribution in [0.2, 0.25) is 0 Å². The van der Waals surface area contributed by atoms with Crippen molar-refractivity contribution in [2.45, 2.75) is 38.7 Å². The van der Waals surface area contributed by atoms with Crippen molar-refractivity contribution in [2.24, 2.45) is 28.3 Å². The third-order valence-electron chi connectivity index (χ3n) is 6.94. The molecule has 9 nitrogen and oxygen atoms in total. The van der Waals surface area contributed by atoms with Crippen molar-refractivity contribution >= 4 is 22.8 Å². The Bertz CT molecular complexity index is 825. The third kappa shape index (κ3) is 2.68. The predicted octanol–water partition coefficient (Wildman–Crippen LogP) is 3.74. The summed E-state index contributed by atoms with van der Waals surface area (Å²) >= 11 is 0. The van der Waals surface area contributed by atoms with Crippen LogP contribution in [-0.4, -0.2) is 28.8 Å². The van der Waals surface area contributed by atoms with E-state index in [1.54, 1.807) is 7.11 Å². The van der Waals surface area contributed by atoms with Crippen LogP contribution >= 0.6 is 0 Å². The first kappa shape index (κ1) is 17.8. The fourth-order valence-corrected chi connectivity index (χ4v) is 5.49. The maximum absolute atomic E-state index is 11.3. The molecule has 0 radical (unpaired) electrons. The normalized spacial score (nSPS) is 35.4. The summed E-state index contributed by atoms with van der Waals surface area (Å²) in [7, 11) is 1.76. The number of anilines is 1. The summed E-state index contributed by atoms with van der Waals surface area (Å²) < 4.78 is 5.55. The van der Waals surface area contributed by atoms with Crippen LogP contribution in [0.3, 0.4) is 0 Å². The average molecular weight is 374 g/mol. The molecule has 6 rings (SSSR count). The molecule has 27 heavy (non-hydrogen) atoms. The van der Waals surface area contributed by atoms with Gasteiger partial charge in [0.05, 0.1) is 22.0 Å². The van der Waals surface area contributed by atoms with Crippen LogP contribution < -0.4 is 5.43 Å². The summed E-state index contributed by atoms with van der Waals surface area (Å²) in [5.74, 6) is 1.49. The standard InChI is InChI=1S/C18H22N4O5/c1-18-6-5-15(17-12(18)8-11(27-2)9-13(17)18)20-19-14-4-3-10(21(23)24)7-16(14)22(25)26/h3-4,7,11-13,17,19H,5-6,8-9H2,1-2H3/b20-15+. The van der Waals surface area contributed by atoms with E-state index in [2.05, 4.69) is 17.5 Å². The second-order valence-electron chi connectivity index (χ2n) is 8.00. The molecule has 0 aromatic heterocycles. The molecule has 4 bridgehead atoms. The van der Waals surface area contributed by atoms with Crippen molar-refractivity contribution in [3.63, 3.8) is 0 Å². The molecule has 2 unspecified atom stereocenters. The van der Waals surface area contributed by atoms with Gasteiger partial charge in [0.1, 0.15) is 5.69 Å². The number of nitrogens with zero attached hydrogens (tertiary/aromatic N) is 3.